The van der Waals surface area contributed by atoms with E-state index in [0.29, 0.717) is 18.7 Å². The van der Waals surface area contributed by atoms with Crippen molar-refractivity contribution in [3.63, 3.8) is 0 Å². The van der Waals surface area contributed by atoms with Crippen molar-refractivity contribution in [2.45, 2.75) is 17.9 Å². The van der Waals surface area contributed by atoms with Gasteiger partial charge in [0.15, 0.2) is 0 Å². The van der Waals surface area contributed by atoms with E-state index >= 15 is 0 Å². The fourth-order valence-electron chi connectivity index (χ4n) is 1.46. The number of carboxylic acids is 1. The number of nitrogens with one attached hydrogen (secondary N) is 2. The molecule has 0 aliphatic heterocycles. The van der Waals surface area contributed by atoms with Crippen LogP contribution in [0.3, 0.4) is 0 Å². The van der Waals surface area contributed by atoms with E-state index in [4.69, 9.17) is 9.52 Å². The molecule has 9 nitrogen and oxygen atoms in total. The average Bonchev–Trinajstić information content (AvgIpc) is 3.05. The van der Waals surface area contributed by atoms with Crippen LogP contribution in [0.25, 0.3) is 0 Å². The highest BCUT2D eigenvalue weighted by Crippen LogP contribution is 2.13. The van der Waals surface area contributed by atoms with Crippen LogP contribution >= 0.6 is 0 Å². The van der Waals surface area contributed by atoms with Crippen molar-refractivity contribution >= 4 is 16.0 Å². The Bertz CT molecular complexity index is 676. The molecule has 2 aromatic rings. The Labute approximate surface area is 114 Å². The number of nitrogens with zero attached hydrogens (tertiary/aromatic N) is 2. The van der Waals surface area contributed by atoms with Gasteiger partial charge >= 0.3 is 5.97 Å². The van der Waals surface area contributed by atoms with Crippen molar-refractivity contribution in [2.24, 2.45) is 0 Å². The summed E-state index contributed by atoms with van der Waals surface area (Å²) in [5.74, 6) is -1.08. The first-order chi connectivity index (χ1) is 9.49. The summed E-state index contributed by atoms with van der Waals surface area (Å²) in [6.45, 7) is 0.173. The summed E-state index contributed by atoms with van der Waals surface area (Å²) in [5.41, 5.74) is 0. The number of hydrogen-bond acceptors (Lipinski definition) is 6. The van der Waals surface area contributed by atoms with Crippen LogP contribution in [0.1, 0.15) is 22.8 Å². The van der Waals surface area contributed by atoms with E-state index in [9.17, 15) is 13.2 Å². The third-order valence-corrected chi connectivity index (χ3v) is 3.74. The van der Waals surface area contributed by atoms with Crippen LogP contribution in [-0.4, -0.2) is 41.2 Å². The molecule has 0 fully saturated rings. The zero-order valence-corrected chi connectivity index (χ0v) is 11.1. The number of aromatic amines is 1. The van der Waals surface area contributed by atoms with E-state index in [1.807, 2.05) is 0 Å². The molecular weight excluding hydrogens is 288 g/mol. The topological polar surface area (TPSA) is 138 Å². The van der Waals surface area contributed by atoms with Crippen molar-refractivity contribution in [3.05, 3.63) is 30.0 Å². The van der Waals surface area contributed by atoms with Gasteiger partial charge in [0.25, 0.3) is 10.0 Å². The maximum atomic E-state index is 11.8. The molecule has 0 spiro atoms. The highest BCUT2D eigenvalue weighted by Gasteiger charge is 2.20. The summed E-state index contributed by atoms with van der Waals surface area (Å²) in [7, 11) is -3.84. The van der Waals surface area contributed by atoms with Crippen LogP contribution < -0.4 is 4.72 Å². The van der Waals surface area contributed by atoms with Gasteiger partial charge in [-0.1, -0.05) is 0 Å². The van der Waals surface area contributed by atoms with Gasteiger partial charge in [-0.15, -0.1) is 0 Å². The predicted molar refractivity (Wildman–Crippen MR) is 65.6 cm³/mol. The van der Waals surface area contributed by atoms with Crippen LogP contribution in [0.2, 0.25) is 0 Å². The van der Waals surface area contributed by atoms with Crippen LogP contribution in [-0.2, 0) is 16.4 Å². The first-order valence-corrected chi connectivity index (χ1v) is 7.14. The molecule has 0 saturated carbocycles. The maximum Gasteiger partial charge on any atom is 0.371 e. The molecular formula is C10H12N4O5S. The number of aryl methyl sites for hydroxylation is 1. The van der Waals surface area contributed by atoms with Crippen molar-refractivity contribution in [1.29, 1.82) is 0 Å². The third-order valence-electron chi connectivity index (χ3n) is 2.40. The van der Waals surface area contributed by atoms with Gasteiger partial charge in [0.1, 0.15) is 12.2 Å². The number of sulfonamides is 1. The first kappa shape index (κ1) is 14.2. The van der Waals surface area contributed by atoms with E-state index in [2.05, 4.69) is 19.9 Å². The van der Waals surface area contributed by atoms with Crippen LogP contribution in [0.5, 0.6) is 0 Å². The Morgan fingerprint density at radius 2 is 2.25 bits per heavy atom. The lowest BCUT2D eigenvalue weighted by atomic mass is 10.3. The van der Waals surface area contributed by atoms with Crippen LogP contribution in [0, 0.1) is 0 Å². The summed E-state index contributed by atoms with van der Waals surface area (Å²) in [4.78, 5) is 14.5. The monoisotopic (exact) mass is 300 g/mol. The largest absolute Gasteiger partial charge is 0.475 e. The number of hydrogen-bond donors (Lipinski definition) is 3. The molecule has 0 aromatic carbocycles. The van der Waals surface area contributed by atoms with Gasteiger partial charge in [-0.05, 0) is 18.6 Å². The molecule has 0 amide bonds. The van der Waals surface area contributed by atoms with Gasteiger partial charge in [-0.2, -0.15) is 5.10 Å². The lowest BCUT2D eigenvalue weighted by Gasteiger charge is -2.02. The number of furan rings is 1. The van der Waals surface area contributed by atoms with Gasteiger partial charge in [0.05, 0.1) is 0 Å². The maximum absolute atomic E-state index is 11.8. The minimum Gasteiger partial charge on any atom is -0.475 e. The zero-order valence-electron chi connectivity index (χ0n) is 10.2. The molecule has 20 heavy (non-hydrogen) atoms. The molecule has 0 aliphatic rings. The predicted octanol–water partition coefficient (Wildman–Crippen LogP) is 0.00700. The summed E-state index contributed by atoms with van der Waals surface area (Å²) in [6, 6.07) is 2.19. The number of rotatable bonds is 7. The number of H-pyrrole nitrogens is 1. The molecule has 3 N–H and O–H groups in total. The van der Waals surface area contributed by atoms with Crippen molar-refractivity contribution in [2.75, 3.05) is 6.54 Å². The Balaban J connectivity index is 1.88. The van der Waals surface area contributed by atoms with E-state index in [1.54, 1.807) is 0 Å². The molecule has 0 bridgehead atoms. The molecule has 0 saturated heterocycles. The lowest BCUT2D eigenvalue weighted by molar-refractivity contribution is 0.0656. The quantitative estimate of drug-likeness (QED) is 0.612. The van der Waals surface area contributed by atoms with Crippen molar-refractivity contribution < 1.29 is 22.7 Å². The summed E-state index contributed by atoms with van der Waals surface area (Å²) in [6.07, 6.45) is 2.43. The number of aromatic carboxylic acids is 1. The number of carboxylic acid groups (broad SMARTS) is 1. The van der Waals surface area contributed by atoms with Gasteiger partial charge in [0, 0.05) is 13.0 Å². The minimum absolute atomic E-state index is 0.173. The van der Waals surface area contributed by atoms with E-state index in [0.717, 1.165) is 12.1 Å². The Hall–Kier alpha value is -2.20. The second-order valence-electron chi connectivity index (χ2n) is 3.86. The minimum atomic E-state index is -3.84. The van der Waals surface area contributed by atoms with Crippen molar-refractivity contribution in [3.8, 4) is 0 Å². The van der Waals surface area contributed by atoms with Crippen molar-refractivity contribution in [1.82, 2.24) is 19.9 Å². The Kier molecular flexibility index (Phi) is 4.15. The number of aromatic nitrogens is 3. The van der Waals surface area contributed by atoms with Gasteiger partial charge < -0.3 is 9.52 Å². The zero-order chi connectivity index (χ0) is 14.6. The SMILES string of the molecule is O=C(O)c1ccc(S(=O)(=O)NCCCc2ncn[nH]2)o1. The summed E-state index contributed by atoms with van der Waals surface area (Å²) < 4.78 is 30.6. The molecule has 2 heterocycles. The molecule has 2 rings (SSSR count). The Morgan fingerprint density at radius 1 is 1.45 bits per heavy atom. The fraction of sp³-hybridized carbons (Fsp3) is 0.300. The molecule has 2 aromatic heterocycles. The van der Waals surface area contributed by atoms with Crippen LogP contribution in [0.4, 0.5) is 0 Å². The smallest absolute Gasteiger partial charge is 0.371 e. The molecule has 0 atom stereocenters. The fourth-order valence-corrected chi connectivity index (χ4v) is 2.47. The number of carbonyl (C=O) groups is 1. The Morgan fingerprint density at radius 3 is 2.85 bits per heavy atom. The highest BCUT2D eigenvalue weighted by atomic mass is 32.2. The van der Waals surface area contributed by atoms with Gasteiger partial charge in [-0.3, -0.25) is 5.10 Å². The second kappa shape index (κ2) is 5.84. The third kappa shape index (κ3) is 3.42. The molecule has 10 heteroatoms. The summed E-state index contributed by atoms with van der Waals surface area (Å²) >= 11 is 0. The van der Waals surface area contributed by atoms with Crippen LogP contribution in [0.15, 0.2) is 28.0 Å². The molecule has 0 aliphatic carbocycles. The normalized spacial score (nSPS) is 11.6. The molecule has 0 unspecified atom stereocenters. The lowest BCUT2D eigenvalue weighted by Crippen LogP contribution is -2.24. The van der Waals surface area contributed by atoms with Gasteiger partial charge in [-0.25, -0.2) is 22.9 Å². The standard InChI is InChI=1S/C10H12N4O5S/c15-10(16)7-3-4-9(19-7)20(17,18)13-5-1-2-8-11-6-12-14-8/h3-4,6,13H,1-2,5H2,(H,15,16)(H,11,12,14). The average molecular weight is 300 g/mol. The van der Waals surface area contributed by atoms with E-state index in [-0.39, 0.29) is 6.54 Å². The first-order valence-electron chi connectivity index (χ1n) is 5.66. The molecule has 0 radical (unpaired) electrons. The van der Waals surface area contributed by atoms with E-state index < -0.39 is 26.8 Å². The summed E-state index contributed by atoms with van der Waals surface area (Å²) in [5, 5.41) is 14.6. The highest BCUT2D eigenvalue weighted by molar-refractivity contribution is 7.89. The van der Waals surface area contributed by atoms with Gasteiger partial charge in [0.2, 0.25) is 10.9 Å². The van der Waals surface area contributed by atoms with E-state index in [1.165, 1.54) is 6.33 Å². The second-order valence-corrected chi connectivity index (χ2v) is 5.56. The molecule has 108 valence electrons.